The van der Waals surface area contributed by atoms with Crippen LogP contribution in [-0.4, -0.2) is 49.6 Å². The van der Waals surface area contributed by atoms with Gasteiger partial charge < -0.3 is 15.0 Å². The van der Waals surface area contributed by atoms with Crippen LogP contribution in [0.1, 0.15) is 22.3 Å². The van der Waals surface area contributed by atoms with Gasteiger partial charge in [0.15, 0.2) is 0 Å². The van der Waals surface area contributed by atoms with Crippen molar-refractivity contribution < 1.29 is 14.3 Å². The van der Waals surface area contributed by atoms with Gasteiger partial charge in [-0.2, -0.15) is 0 Å². The highest BCUT2D eigenvalue weighted by Crippen LogP contribution is 2.17. The first-order valence-electron chi connectivity index (χ1n) is 6.85. The van der Waals surface area contributed by atoms with Crippen molar-refractivity contribution >= 4 is 23.4 Å². The van der Waals surface area contributed by atoms with Crippen LogP contribution in [0.15, 0.2) is 18.2 Å². The van der Waals surface area contributed by atoms with Gasteiger partial charge in [0.2, 0.25) is 5.91 Å². The summed E-state index contributed by atoms with van der Waals surface area (Å²) in [5, 5.41) is 3.53. The summed E-state index contributed by atoms with van der Waals surface area (Å²) < 4.78 is 4.97. The van der Waals surface area contributed by atoms with Gasteiger partial charge in [0.1, 0.15) is 0 Å². The summed E-state index contributed by atoms with van der Waals surface area (Å²) >= 11 is 5.95. The van der Waals surface area contributed by atoms with Crippen molar-refractivity contribution in [2.75, 3.05) is 26.8 Å². The molecule has 1 aliphatic rings. The second-order valence-electron chi connectivity index (χ2n) is 5.17. The van der Waals surface area contributed by atoms with E-state index in [0.717, 1.165) is 5.56 Å². The van der Waals surface area contributed by atoms with Crippen LogP contribution in [0.4, 0.5) is 0 Å². The topological polar surface area (TPSA) is 58.6 Å². The van der Waals surface area contributed by atoms with Crippen LogP contribution < -0.4 is 5.32 Å². The number of hydrogen-bond acceptors (Lipinski definition) is 3. The fourth-order valence-corrected chi connectivity index (χ4v) is 2.46. The third-order valence-electron chi connectivity index (χ3n) is 3.54. The first-order valence-corrected chi connectivity index (χ1v) is 7.22. The van der Waals surface area contributed by atoms with E-state index in [1.54, 1.807) is 30.2 Å². The molecule has 0 spiro atoms. The molecule has 1 aromatic carbocycles. The molecule has 0 unspecified atom stereocenters. The normalized spacial score (nSPS) is 18.1. The zero-order chi connectivity index (χ0) is 15.4. The number of carbonyl (C=O) groups is 2. The Bertz CT molecular complexity index is 548. The first-order chi connectivity index (χ1) is 10.0. The van der Waals surface area contributed by atoms with E-state index in [1.807, 2.05) is 6.92 Å². The van der Waals surface area contributed by atoms with Gasteiger partial charge in [-0.15, -0.1) is 0 Å². The zero-order valence-electron chi connectivity index (χ0n) is 12.2. The Kier molecular flexibility index (Phi) is 5.20. The SMILES string of the molecule is COCCN1C[C@@H](NC(=O)c2ccc(Cl)c(C)c2)CC1=O. The predicted molar refractivity (Wildman–Crippen MR) is 80.5 cm³/mol. The highest BCUT2D eigenvalue weighted by molar-refractivity contribution is 6.31. The molecule has 21 heavy (non-hydrogen) atoms. The van der Waals surface area contributed by atoms with Crippen LogP contribution in [-0.2, 0) is 9.53 Å². The smallest absolute Gasteiger partial charge is 0.251 e. The van der Waals surface area contributed by atoms with Gasteiger partial charge in [0.25, 0.3) is 5.91 Å². The monoisotopic (exact) mass is 310 g/mol. The molecule has 0 aromatic heterocycles. The molecule has 1 aromatic rings. The summed E-state index contributed by atoms with van der Waals surface area (Å²) in [7, 11) is 1.60. The molecule has 1 saturated heterocycles. The van der Waals surface area contributed by atoms with Gasteiger partial charge in [-0.1, -0.05) is 11.6 Å². The number of methoxy groups -OCH3 is 1. The van der Waals surface area contributed by atoms with E-state index >= 15 is 0 Å². The van der Waals surface area contributed by atoms with Crippen molar-refractivity contribution in [3.8, 4) is 0 Å². The minimum Gasteiger partial charge on any atom is -0.383 e. The second-order valence-corrected chi connectivity index (χ2v) is 5.58. The van der Waals surface area contributed by atoms with Crippen LogP contribution in [0.3, 0.4) is 0 Å². The number of amides is 2. The molecule has 1 N–H and O–H groups in total. The van der Waals surface area contributed by atoms with Gasteiger partial charge in [0, 0.05) is 37.2 Å². The average molecular weight is 311 g/mol. The minimum absolute atomic E-state index is 0.0460. The van der Waals surface area contributed by atoms with Crippen LogP contribution >= 0.6 is 11.6 Å². The Labute approximate surface area is 129 Å². The van der Waals surface area contributed by atoms with Gasteiger partial charge in [-0.3, -0.25) is 9.59 Å². The molecule has 1 heterocycles. The summed E-state index contributed by atoms with van der Waals surface area (Å²) in [6.07, 6.45) is 0.335. The largest absolute Gasteiger partial charge is 0.383 e. The van der Waals surface area contributed by atoms with E-state index < -0.39 is 0 Å². The Hall–Kier alpha value is -1.59. The lowest BCUT2D eigenvalue weighted by Crippen LogP contribution is -2.37. The van der Waals surface area contributed by atoms with Crippen LogP contribution in [0.5, 0.6) is 0 Å². The molecule has 6 heteroatoms. The highest BCUT2D eigenvalue weighted by atomic mass is 35.5. The molecular weight excluding hydrogens is 292 g/mol. The lowest BCUT2D eigenvalue weighted by atomic mass is 10.1. The number of ether oxygens (including phenoxy) is 1. The molecule has 0 aliphatic carbocycles. The van der Waals surface area contributed by atoms with E-state index in [-0.39, 0.29) is 17.9 Å². The number of likely N-dealkylation sites (tertiary alicyclic amines) is 1. The molecule has 0 radical (unpaired) electrons. The lowest BCUT2D eigenvalue weighted by molar-refractivity contribution is -0.128. The maximum Gasteiger partial charge on any atom is 0.251 e. The van der Waals surface area contributed by atoms with Gasteiger partial charge >= 0.3 is 0 Å². The maximum atomic E-state index is 12.2. The standard InChI is InChI=1S/C15H19ClN2O3/c1-10-7-11(3-4-13(10)16)15(20)17-12-8-14(19)18(9-12)5-6-21-2/h3-4,7,12H,5-6,8-9H2,1-2H3,(H,17,20)/t12-/m0/s1. The number of hydrogen-bond donors (Lipinski definition) is 1. The van der Waals surface area contributed by atoms with Gasteiger partial charge in [0.05, 0.1) is 12.6 Å². The molecule has 0 saturated carbocycles. The van der Waals surface area contributed by atoms with Crippen LogP contribution in [0.25, 0.3) is 0 Å². The molecule has 0 bridgehead atoms. The van der Waals surface area contributed by atoms with Crippen LogP contribution in [0, 0.1) is 6.92 Å². The quantitative estimate of drug-likeness (QED) is 0.899. The van der Waals surface area contributed by atoms with Crippen molar-refractivity contribution in [3.63, 3.8) is 0 Å². The average Bonchev–Trinajstić information content (AvgIpc) is 2.79. The zero-order valence-corrected chi connectivity index (χ0v) is 12.9. The van der Waals surface area contributed by atoms with Crippen molar-refractivity contribution in [1.82, 2.24) is 10.2 Å². The van der Waals surface area contributed by atoms with E-state index in [9.17, 15) is 9.59 Å². The van der Waals surface area contributed by atoms with Gasteiger partial charge in [-0.25, -0.2) is 0 Å². The van der Waals surface area contributed by atoms with E-state index in [0.29, 0.717) is 36.7 Å². The summed E-state index contributed by atoms with van der Waals surface area (Å²) in [5.74, 6) is -0.134. The number of aryl methyl sites for hydroxylation is 1. The summed E-state index contributed by atoms with van der Waals surface area (Å²) in [6.45, 7) is 3.44. The predicted octanol–water partition coefficient (Wildman–Crippen LogP) is 1.63. The maximum absolute atomic E-state index is 12.2. The molecule has 1 atom stereocenters. The molecule has 1 fully saturated rings. The van der Waals surface area contributed by atoms with Gasteiger partial charge in [-0.05, 0) is 30.7 Å². The number of rotatable bonds is 5. The van der Waals surface area contributed by atoms with Crippen molar-refractivity contribution in [2.45, 2.75) is 19.4 Å². The second kappa shape index (κ2) is 6.91. The van der Waals surface area contributed by atoms with Crippen molar-refractivity contribution in [2.24, 2.45) is 0 Å². The molecule has 2 rings (SSSR count). The molecule has 2 amide bonds. The Morgan fingerprint density at radius 1 is 1.52 bits per heavy atom. The lowest BCUT2D eigenvalue weighted by Gasteiger charge is -2.16. The van der Waals surface area contributed by atoms with Crippen molar-refractivity contribution in [1.29, 1.82) is 0 Å². The van der Waals surface area contributed by atoms with E-state index in [2.05, 4.69) is 5.32 Å². The number of nitrogens with zero attached hydrogens (tertiary/aromatic N) is 1. The summed E-state index contributed by atoms with van der Waals surface area (Å²) in [4.78, 5) is 25.7. The minimum atomic E-state index is -0.179. The van der Waals surface area contributed by atoms with E-state index in [1.165, 1.54) is 0 Å². The Balaban J connectivity index is 1.94. The highest BCUT2D eigenvalue weighted by Gasteiger charge is 2.30. The molecular formula is C15H19ClN2O3. The Morgan fingerprint density at radius 2 is 2.29 bits per heavy atom. The van der Waals surface area contributed by atoms with E-state index in [4.69, 9.17) is 16.3 Å². The van der Waals surface area contributed by atoms with Crippen LogP contribution in [0.2, 0.25) is 5.02 Å². The fraction of sp³-hybridized carbons (Fsp3) is 0.467. The molecule has 114 valence electrons. The summed E-state index contributed by atoms with van der Waals surface area (Å²) in [5.41, 5.74) is 1.41. The third-order valence-corrected chi connectivity index (χ3v) is 3.96. The fourth-order valence-electron chi connectivity index (χ4n) is 2.34. The third kappa shape index (κ3) is 3.95. The number of halogens is 1. The number of benzene rings is 1. The first kappa shape index (κ1) is 15.8. The number of carbonyl (C=O) groups excluding carboxylic acids is 2. The summed E-state index contributed by atoms with van der Waals surface area (Å²) in [6, 6.07) is 4.98. The molecule has 5 nitrogen and oxygen atoms in total. The van der Waals surface area contributed by atoms with Crippen molar-refractivity contribution in [3.05, 3.63) is 34.3 Å². The Morgan fingerprint density at radius 3 is 2.95 bits per heavy atom. The number of nitrogens with one attached hydrogen (secondary N) is 1. The molecule has 1 aliphatic heterocycles.